The second-order valence-corrected chi connectivity index (χ2v) is 3.09. The summed E-state index contributed by atoms with van der Waals surface area (Å²) in [7, 11) is 0. The van der Waals surface area contributed by atoms with Gasteiger partial charge in [0.05, 0.1) is 0 Å². The smallest absolute Gasteiger partial charge is 0.508 e. The minimum atomic E-state index is -0.788. The normalized spacial score (nSPS) is 9.40. The van der Waals surface area contributed by atoms with E-state index in [4.69, 9.17) is 14.6 Å². The van der Waals surface area contributed by atoms with E-state index >= 15 is 0 Å². The van der Waals surface area contributed by atoms with Gasteiger partial charge in [-0.05, 0) is 36.8 Å². The minimum absolute atomic E-state index is 0.109. The van der Waals surface area contributed by atoms with Crippen LogP contribution in [0.1, 0.15) is 6.92 Å². The Hall–Kier alpha value is -1.97. The standard InChI is InChI=1S/C11H12O4/c1-8(2)7-14-11(13)15-10-5-3-9(12)4-6-10/h3-6,12H,1,7H2,2H3. The van der Waals surface area contributed by atoms with Gasteiger partial charge in [-0.15, -0.1) is 0 Å². The monoisotopic (exact) mass is 208 g/mol. The highest BCUT2D eigenvalue weighted by molar-refractivity contribution is 5.64. The Labute approximate surface area is 87.7 Å². The number of phenolic OH excluding ortho intramolecular Hbond substituents is 1. The highest BCUT2D eigenvalue weighted by Gasteiger charge is 2.05. The molecule has 0 bridgehead atoms. The lowest BCUT2D eigenvalue weighted by Crippen LogP contribution is -2.11. The molecule has 0 amide bonds. The maximum Gasteiger partial charge on any atom is 0.514 e. The van der Waals surface area contributed by atoms with Crippen LogP contribution < -0.4 is 4.74 Å². The largest absolute Gasteiger partial charge is 0.514 e. The van der Waals surface area contributed by atoms with Crippen LogP contribution in [-0.2, 0) is 4.74 Å². The lowest BCUT2D eigenvalue weighted by atomic mass is 10.3. The van der Waals surface area contributed by atoms with E-state index in [-0.39, 0.29) is 12.4 Å². The van der Waals surface area contributed by atoms with Crippen LogP contribution >= 0.6 is 0 Å². The molecule has 1 N–H and O–H groups in total. The quantitative estimate of drug-likeness (QED) is 0.471. The van der Waals surface area contributed by atoms with Gasteiger partial charge in [0.25, 0.3) is 0 Å². The molecule has 4 nitrogen and oxygen atoms in total. The molecular weight excluding hydrogens is 196 g/mol. The second kappa shape index (κ2) is 5.05. The molecule has 0 aromatic heterocycles. The maximum absolute atomic E-state index is 11.1. The SMILES string of the molecule is C=C(C)COC(=O)Oc1ccc(O)cc1. The Morgan fingerprint density at radius 1 is 1.40 bits per heavy atom. The average molecular weight is 208 g/mol. The van der Waals surface area contributed by atoms with Gasteiger partial charge in [0.2, 0.25) is 0 Å². The molecule has 0 saturated heterocycles. The van der Waals surface area contributed by atoms with Crippen LogP contribution in [0.5, 0.6) is 11.5 Å². The molecule has 1 aromatic carbocycles. The van der Waals surface area contributed by atoms with E-state index in [1.165, 1.54) is 24.3 Å². The molecule has 0 saturated carbocycles. The molecule has 0 aliphatic rings. The molecule has 0 atom stereocenters. The predicted molar refractivity (Wildman–Crippen MR) is 54.9 cm³/mol. The Morgan fingerprint density at radius 3 is 2.53 bits per heavy atom. The van der Waals surface area contributed by atoms with Crippen molar-refractivity contribution in [3.63, 3.8) is 0 Å². The van der Waals surface area contributed by atoms with Gasteiger partial charge in [0, 0.05) is 0 Å². The summed E-state index contributed by atoms with van der Waals surface area (Å²) in [5.41, 5.74) is 0.734. The molecule has 0 heterocycles. The van der Waals surface area contributed by atoms with E-state index in [9.17, 15) is 4.79 Å². The van der Waals surface area contributed by atoms with Crippen molar-refractivity contribution in [2.45, 2.75) is 6.92 Å². The van der Waals surface area contributed by atoms with Gasteiger partial charge in [-0.3, -0.25) is 0 Å². The summed E-state index contributed by atoms with van der Waals surface area (Å²) >= 11 is 0. The molecule has 1 aromatic rings. The zero-order valence-electron chi connectivity index (χ0n) is 8.40. The van der Waals surface area contributed by atoms with Gasteiger partial charge in [-0.2, -0.15) is 0 Å². The van der Waals surface area contributed by atoms with Gasteiger partial charge in [-0.1, -0.05) is 6.58 Å². The number of rotatable bonds is 3. The molecule has 4 heteroatoms. The van der Waals surface area contributed by atoms with E-state index in [1.807, 2.05) is 0 Å². The average Bonchev–Trinajstić information content (AvgIpc) is 2.19. The first kappa shape index (κ1) is 11.1. The summed E-state index contributed by atoms with van der Waals surface area (Å²) in [6.45, 7) is 5.46. The fourth-order valence-corrected chi connectivity index (χ4v) is 0.822. The molecule has 0 aliphatic carbocycles. The number of carbonyl (C=O) groups excluding carboxylic acids is 1. The molecule has 15 heavy (non-hydrogen) atoms. The summed E-state index contributed by atoms with van der Waals surface area (Å²) in [4.78, 5) is 11.1. The summed E-state index contributed by atoms with van der Waals surface area (Å²) in [6.07, 6.45) is -0.788. The molecular formula is C11H12O4. The van der Waals surface area contributed by atoms with Crippen LogP contribution in [0.3, 0.4) is 0 Å². The van der Waals surface area contributed by atoms with Crippen molar-refractivity contribution in [3.8, 4) is 11.5 Å². The summed E-state index contributed by atoms with van der Waals surface area (Å²) in [5.74, 6) is 0.428. The van der Waals surface area contributed by atoms with E-state index in [0.29, 0.717) is 5.75 Å². The van der Waals surface area contributed by atoms with Crippen LogP contribution in [0.15, 0.2) is 36.4 Å². The number of hydrogen-bond acceptors (Lipinski definition) is 4. The van der Waals surface area contributed by atoms with Gasteiger partial charge in [-0.25, -0.2) is 4.79 Å². The van der Waals surface area contributed by atoms with Crippen LogP contribution in [-0.4, -0.2) is 17.9 Å². The molecule has 80 valence electrons. The number of carbonyl (C=O) groups is 1. The number of hydrogen-bond donors (Lipinski definition) is 1. The highest BCUT2D eigenvalue weighted by Crippen LogP contribution is 2.16. The molecule has 0 fully saturated rings. The number of ether oxygens (including phenoxy) is 2. The lowest BCUT2D eigenvalue weighted by molar-refractivity contribution is 0.107. The molecule has 0 spiro atoms. The Morgan fingerprint density at radius 2 is 2.00 bits per heavy atom. The van der Waals surface area contributed by atoms with Crippen molar-refractivity contribution in [1.29, 1.82) is 0 Å². The Bertz CT molecular complexity index is 353. The van der Waals surface area contributed by atoms with E-state index in [1.54, 1.807) is 6.92 Å². The molecule has 1 rings (SSSR count). The number of phenols is 1. The molecule has 0 aliphatic heterocycles. The second-order valence-electron chi connectivity index (χ2n) is 3.09. The topological polar surface area (TPSA) is 55.8 Å². The first-order valence-corrected chi connectivity index (χ1v) is 4.36. The van der Waals surface area contributed by atoms with Crippen molar-refractivity contribution >= 4 is 6.16 Å². The van der Waals surface area contributed by atoms with Crippen LogP contribution in [0, 0.1) is 0 Å². The van der Waals surface area contributed by atoms with Gasteiger partial charge in [0.1, 0.15) is 18.1 Å². The van der Waals surface area contributed by atoms with Gasteiger partial charge < -0.3 is 14.6 Å². The zero-order valence-corrected chi connectivity index (χ0v) is 8.40. The maximum atomic E-state index is 11.1. The van der Waals surface area contributed by atoms with E-state index in [0.717, 1.165) is 5.57 Å². The molecule has 0 radical (unpaired) electrons. The Kier molecular flexibility index (Phi) is 3.74. The first-order valence-electron chi connectivity index (χ1n) is 4.36. The lowest BCUT2D eigenvalue weighted by Gasteiger charge is -2.05. The fourth-order valence-electron chi connectivity index (χ4n) is 0.822. The number of aromatic hydroxyl groups is 1. The third-order valence-corrected chi connectivity index (χ3v) is 1.47. The first-order chi connectivity index (χ1) is 7.08. The van der Waals surface area contributed by atoms with Gasteiger partial charge >= 0.3 is 6.16 Å². The predicted octanol–water partition coefficient (Wildman–Crippen LogP) is 2.48. The van der Waals surface area contributed by atoms with Crippen molar-refractivity contribution in [2.75, 3.05) is 6.61 Å². The van der Waals surface area contributed by atoms with Gasteiger partial charge in [0.15, 0.2) is 0 Å². The van der Waals surface area contributed by atoms with E-state index < -0.39 is 6.16 Å². The van der Waals surface area contributed by atoms with Crippen molar-refractivity contribution in [3.05, 3.63) is 36.4 Å². The van der Waals surface area contributed by atoms with Crippen LogP contribution in [0.2, 0.25) is 0 Å². The van der Waals surface area contributed by atoms with Crippen molar-refractivity contribution in [1.82, 2.24) is 0 Å². The zero-order chi connectivity index (χ0) is 11.3. The van der Waals surface area contributed by atoms with E-state index in [2.05, 4.69) is 6.58 Å². The summed E-state index contributed by atoms with van der Waals surface area (Å²) in [5, 5.41) is 8.98. The van der Waals surface area contributed by atoms with Crippen LogP contribution in [0.25, 0.3) is 0 Å². The number of benzene rings is 1. The Balaban J connectivity index is 2.44. The summed E-state index contributed by atoms with van der Waals surface area (Å²) < 4.78 is 9.52. The molecule has 0 unspecified atom stereocenters. The highest BCUT2D eigenvalue weighted by atomic mass is 16.7. The van der Waals surface area contributed by atoms with Crippen molar-refractivity contribution < 1.29 is 19.4 Å². The minimum Gasteiger partial charge on any atom is -0.508 e. The third kappa shape index (κ3) is 4.17. The fraction of sp³-hybridized carbons (Fsp3) is 0.182. The summed E-state index contributed by atoms with van der Waals surface area (Å²) in [6, 6.07) is 5.78. The van der Waals surface area contributed by atoms with Crippen LogP contribution in [0.4, 0.5) is 4.79 Å². The van der Waals surface area contributed by atoms with Crippen molar-refractivity contribution in [2.24, 2.45) is 0 Å². The third-order valence-electron chi connectivity index (χ3n) is 1.47.